The highest BCUT2D eigenvalue weighted by atomic mass is 35.5. The van der Waals surface area contributed by atoms with E-state index in [1.165, 1.54) is 4.88 Å². The van der Waals surface area contributed by atoms with Gasteiger partial charge >= 0.3 is 0 Å². The number of aliphatic hydroxyl groups excluding tert-OH is 1. The number of aliphatic hydroxyl groups is 1. The van der Waals surface area contributed by atoms with Crippen LogP contribution in [0.15, 0.2) is 35.7 Å². The number of hydrogen-bond donors (Lipinski definition) is 1. The van der Waals surface area contributed by atoms with Crippen molar-refractivity contribution in [2.24, 2.45) is 0 Å². The maximum Gasteiger partial charge on any atom is 0.124 e. The lowest BCUT2D eigenvalue weighted by atomic mass is 10.2. The molecule has 0 amide bonds. The Kier molecular flexibility index (Phi) is 4.42. The minimum absolute atomic E-state index is 0.0606. The number of rotatable bonds is 5. The second-order valence-corrected chi connectivity index (χ2v) is 5.06. The van der Waals surface area contributed by atoms with Gasteiger partial charge in [-0.25, -0.2) is 0 Å². The third-order valence-electron chi connectivity index (χ3n) is 2.38. The lowest BCUT2D eigenvalue weighted by Gasteiger charge is -2.09. The molecule has 0 radical (unpaired) electrons. The first-order chi connectivity index (χ1) is 8.29. The van der Waals surface area contributed by atoms with Crippen LogP contribution in [0.3, 0.4) is 0 Å². The van der Waals surface area contributed by atoms with Crippen molar-refractivity contribution < 1.29 is 9.84 Å². The first-order valence-corrected chi connectivity index (χ1v) is 6.60. The monoisotopic (exact) mass is 268 g/mol. The Labute approximate surface area is 109 Å². The van der Waals surface area contributed by atoms with Gasteiger partial charge in [0.25, 0.3) is 0 Å². The Hall–Kier alpha value is -1.03. The molecule has 0 bridgehead atoms. The molecule has 1 heterocycles. The summed E-state index contributed by atoms with van der Waals surface area (Å²) in [5.41, 5.74) is 0.726. The molecule has 0 fully saturated rings. The number of hydrogen-bond acceptors (Lipinski definition) is 3. The number of ether oxygens (including phenoxy) is 1. The minimum Gasteiger partial charge on any atom is -0.493 e. The van der Waals surface area contributed by atoms with E-state index in [-0.39, 0.29) is 6.61 Å². The number of benzene rings is 1. The molecule has 0 spiro atoms. The summed E-state index contributed by atoms with van der Waals surface area (Å²) in [7, 11) is 0. The van der Waals surface area contributed by atoms with Crippen molar-refractivity contribution in [3.8, 4) is 5.75 Å². The molecule has 0 atom stereocenters. The van der Waals surface area contributed by atoms with Gasteiger partial charge in [-0.1, -0.05) is 17.7 Å². The fraction of sp³-hybridized carbons (Fsp3) is 0.231. The average Bonchev–Trinajstić information content (AvgIpc) is 2.84. The first kappa shape index (κ1) is 12.4. The molecular weight excluding hydrogens is 256 g/mol. The molecular formula is C13H13ClO2S. The van der Waals surface area contributed by atoms with Gasteiger partial charge in [-0.2, -0.15) is 0 Å². The van der Waals surface area contributed by atoms with Crippen LogP contribution in [-0.2, 0) is 13.0 Å². The van der Waals surface area contributed by atoms with Gasteiger partial charge in [-0.3, -0.25) is 0 Å². The summed E-state index contributed by atoms with van der Waals surface area (Å²) in [6.07, 6.45) is 0.880. The number of thiophene rings is 1. The largest absolute Gasteiger partial charge is 0.493 e. The molecule has 1 N–H and O–H groups in total. The third-order valence-corrected chi connectivity index (χ3v) is 3.55. The highest BCUT2D eigenvalue weighted by molar-refractivity contribution is 7.09. The normalized spacial score (nSPS) is 10.5. The Morgan fingerprint density at radius 2 is 2.18 bits per heavy atom. The molecule has 4 heteroatoms. The molecule has 0 aliphatic carbocycles. The van der Waals surface area contributed by atoms with Crippen molar-refractivity contribution in [2.75, 3.05) is 6.61 Å². The second-order valence-electron chi connectivity index (χ2n) is 3.59. The fourth-order valence-corrected chi connectivity index (χ4v) is 2.41. The zero-order chi connectivity index (χ0) is 12.1. The van der Waals surface area contributed by atoms with E-state index in [1.54, 1.807) is 29.5 Å². The van der Waals surface area contributed by atoms with Crippen LogP contribution in [-0.4, -0.2) is 11.7 Å². The van der Waals surface area contributed by atoms with Crippen LogP contribution in [0.1, 0.15) is 10.4 Å². The van der Waals surface area contributed by atoms with E-state index in [0.29, 0.717) is 17.4 Å². The molecule has 90 valence electrons. The highest BCUT2D eigenvalue weighted by Crippen LogP contribution is 2.23. The molecule has 17 heavy (non-hydrogen) atoms. The average molecular weight is 269 g/mol. The van der Waals surface area contributed by atoms with Crippen LogP contribution in [0.2, 0.25) is 5.02 Å². The van der Waals surface area contributed by atoms with Gasteiger partial charge < -0.3 is 9.84 Å². The summed E-state index contributed by atoms with van der Waals surface area (Å²) in [6.45, 7) is 0.546. The van der Waals surface area contributed by atoms with Crippen LogP contribution < -0.4 is 4.74 Å². The van der Waals surface area contributed by atoms with E-state index in [1.807, 2.05) is 6.07 Å². The molecule has 2 aromatic rings. The van der Waals surface area contributed by atoms with Crippen LogP contribution in [0.5, 0.6) is 5.75 Å². The lowest BCUT2D eigenvalue weighted by Crippen LogP contribution is -2.02. The Morgan fingerprint density at radius 1 is 1.29 bits per heavy atom. The topological polar surface area (TPSA) is 29.5 Å². The Balaban J connectivity index is 1.94. The maximum absolute atomic E-state index is 9.19. The summed E-state index contributed by atoms with van der Waals surface area (Å²) < 4.78 is 5.64. The number of halogens is 1. The summed E-state index contributed by atoms with van der Waals surface area (Å²) >= 11 is 7.57. The van der Waals surface area contributed by atoms with Gasteiger partial charge in [-0.15, -0.1) is 11.3 Å². The predicted molar refractivity (Wildman–Crippen MR) is 70.9 cm³/mol. The first-order valence-electron chi connectivity index (χ1n) is 5.34. The second kappa shape index (κ2) is 6.05. The third kappa shape index (κ3) is 3.46. The lowest BCUT2D eigenvalue weighted by molar-refractivity contribution is 0.264. The van der Waals surface area contributed by atoms with Crippen molar-refractivity contribution in [3.05, 3.63) is 51.2 Å². The zero-order valence-electron chi connectivity index (χ0n) is 9.23. The van der Waals surface area contributed by atoms with Crippen molar-refractivity contribution in [1.82, 2.24) is 0 Å². The molecule has 2 nitrogen and oxygen atoms in total. The van der Waals surface area contributed by atoms with E-state index in [4.69, 9.17) is 16.3 Å². The Bertz CT molecular complexity index is 468. The van der Waals surface area contributed by atoms with Gasteiger partial charge in [0.2, 0.25) is 0 Å². The molecule has 2 rings (SSSR count). The summed E-state index contributed by atoms with van der Waals surface area (Å²) in [5, 5.41) is 11.9. The smallest absolute Gasteiger partial charge is 0.124 e. The minimum atomic E-state index is -0.0606. The molecule has 0 aliphatic heterocycles. The Morgan fingerprint density at radius 3 is 2.88 bits per heavy atom. The van der Waals surface area contributed by atoms with Gasteiger partial charge in [-0.05, 0) is 29.6 Å². The standard InChI is InChI=1S/C13H13ClO2S/c14-11-3-4-13(10(8-11)9-15)16-6-5-12-2-1-7-17-12/h1-4,7-8,15H,5-6,9H2. The van der Waals surface area contributed by atoms with Gasteiger partial charge in [0.1, 0.15) is 5.75 Å². The van der Waals surface area contributed by atoms with Crippen molar-refractivity contribution >= 4 is 22.9 Å². The molecule has 0 unspecified atom stereocenters. The van der Waals surface area contributed by atoms with Crippen molar-refractivity contribution in [1.29, 1.82) is 0 Å². The van der Waals surface area contributed by atoms with E-state index in [2.05, 4.69) is 11.4 Å². The van der Waals surface area contributed by atoms with Crippen LogP contribution in [0.4, 0.5) is 0 Å². The summed E-state index contributed by atoms with van der Waals surface area (Å²) in [4.78, 5) is 1.30. The van der Waals surface area contributed by atoms with Crippen molar-refractivity contribution in [2.45, 2.75) is 13.0 Å². The van der Waals surface area contributed by atoms with Crippen LogP contribution in [0.25, 0.3) is 0 Å². The molecule has 0 saturated carbocycles. The highest BCUT2D eigenvalue weighted by Gasteiger charge is 2.04. The quantitative estimate of drug-likeness (QED) is 0.899. The van der Waals surface area contributed by atoms with Gasteiger partial charge in [0.05, 0.1) is 13.2 Å². The van der Waals surface area contributed by atoms with E-state index < -0.39 is 0 Å². The molecule has 0 saturated heterocycles. The van der Waals surface area contributed by atoms with Gasteiger partial charge in [0, 0.05) is 21.9 Å². The molecule has 1 aromatic carbocycles. The van der Waals surface area contributed by atoms with E-state index in [9.17, 15) is 5.11 Å². The molecule has 0 aliphatic rings. The molecule has 1 aromatic heterocycles. The maximum atomic E-state index is 9.19. The SMILES string of the molecule is OCc1cc(Cl)ccc1OCCc1cccs1. The van der Waals surface area contributed by atoms with Crippen LogP contribution in [0, 0.1) is 0 Å². The summed E-state index contributed by atoms with van der Waals surface area (Å²) in [6, 6.07) is 9.40. The fourth-order valence-electron chi connectivity index (χ4n) is 1.53. The van der Waals surface area contributed by atoms with Gasteiger partial charge in [0.15, 0.2) is 0 Å². The zero-order valence-corrected chi connectivity index (χ0v) is 10.8. The van der Waals surface area contributed by atoms with Crippen LogP contribution >= 0.6 is 22.9 Å². The van der Waals surface area contributed by atoms with E-state index in [0.717, 1.165) is 12.0 Å². The van der Waals surface area contributed by atoms with Crippen molar-refractivity contribution in [3.63, 3.8) is 0 Å². The van der Waals surface area contributed by atoms with E-state index >= 15 is 0 Å². The summed E-state index contributed by atoms with van der Waals surface area (Å²) in [5.74, 6) is 0.702. The predicted octanol–water partition coefficient (Wildman–Crippen LogP) is 3.52.